The summed E-state index contributed by atoms with van der Waals surface area (Å²) in [6.45, 7) is 0. The second-order valence-electron chi connectivity index (χ2n) is 3.76. The molecule has 0 saturated heterocycles. The molecular weight excluding hydrogens is 160 g/mol. The zero-order valence-electron chi connectivity index (χ0n) is 7.49. The van der Waals surface area contributed by atoms with Crippen LogP contribution in [0, 0.1) is 0 Å². The SMILES string of the molecule is C1=C2CCCC2Oc2ccccc21. The molecule has 1 saturated carbocycles. The number of fused-ring (bicyclic) bond motifs is 2. The first kappa shape index (κ1) is 7.19. The number of para-hydroxylation sites is 1. The topological polar surface area (TPSA) is 9.23 Å². The molecule has 1 atom stereocenters. The second kappa shape index (κ2) is 2.63. The van der Waals surface area contributed by atoms with Crippen LogP contribution in [-0.2, 0) is 0 Å². The van der Waals surface area contributed by atoms with E-state index >= 15 is 0 Å². The Morgan fingerprint density at radius 1 is 1.23 bits per heavy atom. The lowest BCUT2D eigenvalue weighted by atomic mass is 10.0. The molecule has 66 valence electrons. The monoisotopic (exact) mass is 172 g/mol. The molecule has 0 radical (unpaired) electrons. The van der Waals surface area contributed by atoms with Crippen LogP contribution in [0.15, 0.2) is 29.8 Å². The summed E-state index contributed by atoms with van der Waals surface area (Å²) in [4.78, 5) is 0. The van der Waals surface area contributed by atoms with Gasteiger partial charge in [-0.05, 0) is 37.0 Å². The molecule has 1 heteroatoms. The van der Waals surface area contributed by atoms with Gasteiger partial charge in [0.05, 0.1) is 0 Å². The Bertz CT molecular complexity index is 365. The van der Waals surface area contributed by atoms with E-state index in [1.54, 1.807) is 0 Å². The lowest BCUT2D eigenvalue weighted by molar-refractivity contribution is 0.240. The third-order valence-corrected chi connectivity index (χ3v) is 2.87. The maximum absolute atomic E-state index is 5.89. The Morgan fingerprint density at radius 2 is 2.15 bits per heavy atom. The van der Waals surface area contributed by atoms with Crippen molar-refractivity contribution in [1.82, 2.24) is 0 Å². The molecule has 1 aromatic carbocycles. The molecule has 3 rings (SSSR count). The van der Waals surface area contributed by atoms with Crippen molar-refractivity contribution in [1.29, 1.82) is 0 Å². The first-order valence-electron chi connectivity index (χ1n) is 4.90. The van der Waals surface area contributed by atoms with Crippen molar-refractivity contribution in [2.75, 3.05) is 0 Å². The van der Waals surface area contributed by atoms with E-state index in [4.69, 9.17) is 4.74 Å². The molecule has 0 N–H and O–H groups in total. The van der Waals surface area contributed by atoms with Gasteiger partial charge in [0.25, 0.3) is 0 Å². The van der Waals surface area contributed by atoms with Crippen LogP contribution in [0.1, 0.15) is 24.8 Å². The lowest BCUT2D eigenvalue weighted by Gasteiger charge is -2.21. The van der Waals surface area contributed by atoms with Crippen LogP contribution >= 0.6 is 0 Å². The highest BCUT2D eigenvalue weighted by atomic mass is 16.5. The summed E-state index contributed by atoms with van der Waals surface area (Å²) >= 11 is 0. The van der Waals surface area contributed by atoms with Crippen molar-refractivity contribution in [2.45, 2.75) is 25.4 Å². The standard InChI is InChI=1S/C12H12O/c1-2-6-11-9(4-1)8-10-5-3-7-12(10)13-11/h1-2,4,6,8,12H,3,5,7H2. The molecule has 1 aliphatic heterocycles. The second-order valence-corrected chi connectivity index (χ2v) is 3.76. The van der Waals surface area contributed by atoms with E-state index in [-0.39, 0.29) is 0 Å². The minimum Gasteiger partial charge on any atom is -0.485 e. The maximum Gasteiger partial charge on any atom is 0.127 e. The summed E-state index contributed by atoms with van der Waals surface area (Å²) in [7, 11) is 0. The van der Waals surface area contributed by atoms with Crippen molar-refractivity contribution in [3.8, 4) is 5.75 Å². The number of benzene rings is 1. The van der Waals surface area contributed by atoms with Gasteiger partial charge in [-0.1, -0.05) is 18.2 Å². The first-order chi connectivity index (χ1) is 6.43. The first-order valence-corrected chi connectivity index (χ1v) is 4.90. The minimum atomic E-state index is 0.384. The summed E-state index contributed by atoms with van der Waals surface area (Å²) < 4.78 is 5.89. The summed E-state index contributed by atoms with van der Waals surface area (Å²) in [5.41, 5.74) is 2.73. The van der Waals surface area contributed by atoms with Gasteiger partial charge in [0.1, 0.15) is 11.9 Å². The normalized spacial score (nSPS) is 24.3. The molecule has 1 aromatic rings. The van der Waals surface area contributed by atoms with Gasteiger partial charge in [-0.25, -0.2) is 0 Å². The Hall–Kier alpha value is -1.24. The van der Waals surface area contributed by atoms with Crippen LogP contribution < -0.4 is 4.74 Å². The fourth-order valence-electron chi connectivity index (χ4n) is 2.20. The summed E-state index contributed by atoms with van der Waals surface area (Å²) in [6.07, 6.45) is 6.38. The van der Waals surface area contributed by atoms with Crippen LogP contribution in [0.3, 0.4) is 0 Å². The van der Waals surface area contributed by atoms with E-state index in [1.165, 1.54) is 30.4 Å². The molecule has 13 heavy (non-hydrogen) atoms. The fourth-order valence-corrected chi connectivity index (χ4v) is 2.20. The average molecular weight is 172 g/mol. The molecule has 2 aliphatic rings. The van der Waals surface area contributed by atoms with E-state index in [0.717, 1.165) is 5.75 Å². The van der Waals surface area contributed by atoms with Crippen LogP contribution in [-0.4, -0.2) is 6.10 Å². The van der Waals surface area contributed by atoms with Crippen molar-refractivity contribution in [3.05, 3.63) is 35.4 Å². The highest BCUT2D eigenvalue weighted by molar-refractivity contribution is 5.63. The van der Waals surface area contributed by atoms with E-state index in [1.807, 2.05) is 6.07 Å². The highest BCUT2D eigenvalue weighted by Crippen LogP contribution is 2.37. The van der Waals surface area contributed by atoms with Gasteiger partial charge in [0.15, 0.2) is 0 Å². The Kier molecular flexibility index (Phi) is 1.45. The lowest BCUT2D eigenvalue weighted by Crippen LogP contribution is -2.17. The number of hydrogen-bond acceptors (Lipinski definition) is 1. The quantitative estimate of drug-likeness (QED) is 0.584. The zero-order chi connectivity index (χ0) is 8.67. The predicted molar refractivity (Wildman–Crippen MR) is 52.7 cm³/mol. The summed E-state index contributed by atoms with van der Waals surface area (Å²) in [5, 5.41) is 0. The van der Waals surface area contributed by atoms with Gasteiger partial charge < -0.3 is 4.74 Å². The van der Waals surface area contributed by atoms with Crippen LogP contribution in [0.25, 0.3) is 6.08 Å². The van der Waals surface area contributed by atoms with Gasteiger partial charge in [-0.3, -0.25) is 0 Å². The van der Waals surface area contributed by atoms with Crippen molar-refractivity contribution < 1.29 is 4.74 Å². The van der Waals surface area contributed by atoms with Crippen LogP contribution in [0.2, 0.25) is 0 Å². The van der Waals surface area contributed by atoms with Gasteiger partial charge in [-0.2, -0.15) is 0 Å². The smallest absolute Gasteiger partial charge is 0.127 e. The maximum atomic E-state index is 5.89. The van der Waals surface area contributed by atoms with E-state index in [9.17, 15) is 0 Å². The van der Waals surface area contributed by atoms with Gasteiger partial charge >= 0.3 is 0 Å². The molecule has 1 heterocycles. The van der Waals surface area contributed by atoms with Gasteiger partial charge in [0.2, 0.25) is 0 Å². The number of ether oxygens (including phenoxy) is 1. The molecule has 0 amide bonds. The van der Waals surface area contributed by atoms with E-state index in [2.05, 4.69) is 24.3 Å². The van der Waals surface area contributed by atoms with Crippen molar-refractivity contribution >= 4 is 6.08 Å². The molecule has 0 spiro atoms. The molecule has 0 aromatic heterocycles. The van der Waals surface area contributed by atoms with Gasteiger partial charge in [0, 0.05) is 5.56 Å². The molecule has 1 nitrogen and oxygen atoms in total. The largest absolute Gasteiger partial charge is 0.485 e. The fraction of sp³-hybridized carbons (Fsp3) is 0.333. The third-order valence-electron chi connectivity index (χ3n) is 2.87. The molecule has 1 fully saturated rings. The van der Waals surface area contributed by atoms with Crippen molar-refractivity contribution in [2.24, 2.45) is 0 Å². The molecular formula is C12H12O. The Balaban J connectivity index is 2.10. The number of rotatable bonds is 0. The van der Waals surface area contributed by atoms with Crippen LogP contribution in [0.4, 0.5) is 0 Å². The highest BCUT2D eigenvalue weighted by Gasteiger charge is 2.26. The Labute approximate surface area is 78.0 Å². The summed E-state index contributed by atoms with van der Waals surface area (Å²) in [6, 6.07) is 8.28. The van der Waals surface area contributed by atoms with Crippen molar-refractivity contribution in [3.63, 3.8) is 0 Å². The molecule has 1 unspecified atom stereocenters. The average Bonchev–Trinajstić information content (AvgIpc) is 2.61. The Morgan fingerprint density at radius 3 is 3.15 bits per heavy atom. The predicted octanol–water partition coefficient (Wildman–Crippen LogP) is 3.01. The zero-order valence-corrected chi connectivity index (χ0v) is 7.49. The van der Waals surface area contributed by atoms with E-state index < -0.39 is 0 Å². The molecule has 0 bridgehead atoms. The molecule has 1 aliphatic carbocycles. The minimum absolute atomic E-state index is 0.384. The summed E-state index contributed by atoms with van der Waals surface area (Å²) in [5.74, 6) is 1.05. The number of hydrogen-bond donors (Lipinski definition) is 0. The third kappa shape index (κ3) is 1.07. The van der Waals surface area contributed by atoms with Gasteiger partial charge in [-0.15, -0.1) is 0 Å². The van der Waals surface area contributed by atoms with E-state index in [0.29, 0.717) is 6.10 Å². The van der Waals surface area contributed by atoms with Crippen LogP contribution in [0.5, 0.6) is 5.75 Å².